The van der Waals surface area contributed by atoms with Crippen molar-refractivity contribution in [2.75, 3.05) is 0 Å². The first-order valence-corrected chi connectivity index (χ1v) is 8.47. The van der Waals surface area contributed by atoms with Gasteiger partial charge < -0.3 is 15.2 Å². The van der Waals surface area contributed by atoms with Crippen LogP contribution in [-0.4, -0.2) is 11.9 Å². The third-order valence-electron chi connectivity index (χ3n) is 5.88. The van der Waals surface area contributed by atoms with Crippen LogP contribution in [0.4, 0.5) is 0 Å². The molecule has 2 fully saturated rings. The van der Waals surface area contributed by atoms with Gasteiger partial charge in [-0.25, -0.2) is 0 Å². The Kier molecular flexibility index (Phi) is 4.17. The van der Waals surface area contributed by atoms with Crippen molar-refractivity contribution in [2.24, 2.45) is 23.7 Å². The molecule has 0 aromatic heterocycles. The van der Waals surface area contributed by atoms with Gasteiger partial charge in [0.2, 0.25) is 5.91 Å². The van der Waals surface area contributed by atoms with Crippen LogP contribution in [0.1, 0.15) is 48.9 Å². The zero-order valence-electron chi connectivity index (χ0n) is 14.0. The Morgan fingerprint density at radius 3 is 2.39 bits per heavy atom. The molecule has 2 aliphatic carbocycles. The molecule has 1 amide bonds. The molecule has 2 bridgehead atoms. The van der Waals surface area contributed by atoms with Crippen molar-refractivity contribution in [1.29, 1.82) is 0 Å². The Balaban J connectivity index is 1.73. The van der Waals surface area contributed by atoms with Gasteiger partial charge in [-0.3, -0.25) is 4.79 Å². The lowest BCUT2D eigenvalue weighted by Crippen LogP contribution is -2.46. The average Bonchev–Trinajstić information content (AvgIpc) is 3.10. The first kappa shape index (κ1) is 16.0. The van der Waals surface area contributed by atoms with Crippen molar-refractivity contribution < 1.29 is 14.7 Å². The first-order chi connectivity index (χ1) is 10.9. The molecule has 5 unspecified atom stereocenters. The predicted octanol–water partition coefficient (Wildman–Crippen LogP) is 1.89. The van der Waals surface area contributed by atoms with Crippen LogP contribution in [0.5, 0.6) is 0 Å². The van der Waals surface area contributed by atoms with Crippen LogP contribution in [0, 0.1) is 37.5 Å². The number of aliphatic carboxylic acids is 1. The number of aryl methyl sites for hydroxylation is 2. The zero-order chi connectivity index (χ0) is 16.7. The minimum absolute atomic E-state index is 0.122. The molecule has 2 saturated carbocycles. The number of carboxylic acids is 1. The van der Waals surface area contributed by atoms with Crippen LogP contribution in [0.25, 0.3) is 0 Å². The molecule has 124 valence electrons. The number of rotatable bonds is 4. The second kappa shape index (κ2) is 5.99. The van der Waals surface area contributed by atoms with Crippen LogP contribution in [0.2, 0.25) is 0 Å². The SMILES string of the molecule is Cc1ccc(C(C)NC(=O)C2C3CCC(C3)C2C(=O)[O-])cc1C. The molecule has 2 aliphatic rings. The molecule has 4 nitrogen and oxygen atoms in total. The Hall–Kier alpha value is -1.84. The minimum Gasteiger partial charge on any atom is -0.550 e. The summed E-state index contributed by atoms with van der Waals surface area (Å²) in [6.45, 7) is 6.06. The number of carbonyl (C=O) groups excluding carboxylic acids is 2. The van der Waals surface area contributed by atoms with Crippen molar-refractivity contribution in [2.45, 2.75) is 46.1 Å². The Bertz CT molecular complexity index is 640. The molecule has 0 saturated heterocycles. The smallest absolute Gasteiger partial charge is 0.224 e. The standard InChI is InChI=1S/C19H25NO3/c1-10-4-5-13(8-11(10)2)12(3)20-18(21)16-14-6-7-15(9-14)17(16)19(22)23/h4-5,8,12,14-17H,6-7,9H2,1-3H3,(H,20,21)(H,22,23)/p-1. The zero-order valence-corrected chi connectivity index (χ0v) is 14.0. The maximum absolute atomic E-state index is 12.7. The molecular weight excluding hydrogens is 290 g/mol. The monoisotopic (exact) mass is 314 g/mol. The number of fused-ring (bicyclic) bond motifs is 2. The number of hydrogen-bond acceptors (Lipinski definition) is 3. The number of benzene rings is 1. The van der Waals surface area contributed by atoms with Gasteiger partial charge in [0.15, 0.2) is 0 Å². The van der Waals surface area contributed by atoms with Crippen molar-refractivity contribution in [3.63, 3.8) is 0 Å². The second-order valence-electron chi connectivity index (χ2n) is 7.28. The van der Waals surface area contributed by atoms with E-state index in [4.69, 9.17) is 0 Å². The summed E-state index contributed by atoms with van der Waals surface area (Å²) in [4.78, 5) is 24.1. The van der Waals surface area contributed by atoms with Crippen LogP contribution in [0.3, 0.4) is 0 Å². The summed E-state index contributed by atoms with van der Waals surface area (Å²) in [5.74, 6) is -1.89. The molecule has 0 aliphatic heterocycles. The molecule has 0 spiro atoms. The van der Waals surface area contributed by atoms with Crippen molar-refractivity contribution in [1.82, 2.24) is 5.32 Å². The predicted molar refractivity (Wildman–Crippen MR) is 85.3 cm³/mol. The van der Waals surface area contributed by atoms with E-state index in [0.717, 1.165) is 24.8 Å². The summed E-state index contributed by atoms with van der Waals surface area (Å²) in [5, 5.41) is 14.5. The number of carbonyl (C=O) groups is 2. The number of carboxylic acid groups (broad SMARTS) is 1. The third-order valence-corrected chi connectivity index (χ3v) is 5.88. The van der Waals surface area contributed by atoms with Crippen LogP contribution in [-0.2, 0) is 9.59 Å². The highest BCUT2D eigenvalue weighted by atomic mass is 16.4. The molecule has 0 heterocycles. The first-order valence-electron chi connectivity index (χ1n) is 8.47. The lowest BCUT2D eigenvalue weighted by molar-refractivity contribution is -0.314. The van der Waals surface area contributed by atoms with Gasteiger partial charge in [0.25, 0.3) is 0 Å². The van der Waals surface area contributed by atoms with E-state index >= 15 is 0 Å². The summed E-state index contributed by atoms with van der Waals surface area (Å²) in [5.41, 5.74) is 3.46. The molecule has 5 atom stereocenters. The quantitative estimate of drug-likeness (QED) is 0.923. The Morgan fingerprint density at radius 2 is 1.78 bits per heavy atom. The largest absolute Gasteiger partial charge is 0.550 e. The van der Waals surface area contributed by atoms with Crippen molar-refractivity contribution >= 4 is 11.9 Å². The van der Waals surface area contributed by atoms with E-state index in [9.17, 15) is 14.7 Å². The molecule has 3 rings (SSSR count). The number of amides is 1. The summed E-state index contributed by atoms with van der Waals surface area (Å²) in [6.07, 6.45) is 2.74. The van der Waals surface area contributed by atoms with Crippen LogP contribution in [0.15, 0.2) is 18.2 Å². The lowest BCUT2D eigenvalue weighted by atomic mass is 9.78. The number of nitrogens with one attached hydrogen (secondary N) is 1. The minimum atomic E-state index is -1.06. The molecular formula is C19H24NO3-. The lowest BCUT2D eigenvalue weighted by Gasteiger charge is -2.31. The number of hydrogen-bond donors (Lipinski definition) is 1. The van der Waals surface area contributed by atoms with Gasteiger partial charge in [-0.05, 0) is 68.6 Å². The van der Waals surface area contributed by atoms with E-state index < -0.39 is 17.8 Å². The van der Waals surface area contributed by atoms with Gasteiger partial charge in [0, 0.05) is 17.8 Å². The Morgan fingerprint density at radius 1 is 1.13 bits per heavy atom. The maximum atomic E-state index is 12.7. The summed E-state index contributed by atoms with van der Waals surface area (Å²) >= 11 is 0. The van der Waals surface area contributed by atoms with Crippen molar-refractivity contribution in [3.05, 3.63) is 34.9 Å². The van der Waals surface area contributed by atoms with E-state index in [1.807, 2.05) is 13.0 Å². The van der Waals surface area contributed by atoms with E-state index in [2.05, 4.69) is 31.3 Å². The fourth-order valence-electron chi connectivity index (χ4n) is 4.43. The maximum Gasteiger partial charge on any atom is 0.224 e. The van der Waals surface area contributed by atoms with Crippen LogP contribution < -0.4 is 10.4 Å². The summed E-state index contributed by atoms with van der Waals surface area (Å²) in [6, 6.07) is 6.03. The highest BCUT2D eigenvalue weighted by Gasteiger charge is 2.51. The average molecular weight is 314 g/mol. The molecule has 1 N–H and O–H groups in total. The fourth-order valence-corrected chi connectivity index (χ4v) is 4.43. The molecule has 23 heavy (non-hydrogen) atoms. The van der Waals surface area contributed by atoms with E-state index in [-0.39, 0.29) is 23.8 Å². The molecule has 1 aromatic carbocycles. The highest BCUT2D eigenvalue weighted by molar-refractivity contribution is 5.85. The topological polar surface area (TPSA) is 69.2 Å². The van der Waals surface area contributed by atoms with Gasteiger partial charge in [-0.15, -0.1) is 0 Å². The third kappa shape index (κ3) is 2.87. The highest BCUT2D eigenvalue weighted by Crippen LogP contribution is 2.52. The van der Waals surface area contributed by atoms with E-state index in [1.54, 1.807) is 0 Å². The van der Waals surface area contributed by atoms with Gasteiger partial charge in [0.1, 0.15) is 0 Å². The summed E-state index contributed by atoms with van der Waals surface area (Å²) in [7, 11) is 0. The fraction of sp³-hybridized carbons (Fsp3) is 0.579. The normalized spacial score (nSPS) is 30.2. The van der Waals surface area contributed by atoms with E-state index in [0.29, 0.717) is 0 Å². The van der Waals surface area contributed by atoms with E-state index in [1.165, 1.54) is 11.1 Å². The second-order valence-corrected chi connectivity index (χ2v) is 7.28. The van der Waals surface area contributed by atoms with Gasteiger partial charge >= 0.3 is 0 Å². The van der Waals surface area contributed by atoms with Gasteiger partial charge in [0.05, 0.1) is 6.04 Å². The van der Waals surface area contributed by atoms with Gasteiger partial charge in [-0.2, -0.15) is 0 Å². The van der Waals surface area contributed by atoms with Crippen molar-refractivity contribution in [3.8, 4) is 0 Å². The molecule has 0 radical (unpaired) electrons. The molecule has 4 heteroatoms. The molecule has 1 aromatic rings. The van der Waals surface area contributed by atoms with Crippen LogP contribution >= 0.6 is 0 Å². The van der Waals surface area contributed by atoms with Gasteiger partial charge in [-0.1, -0.05) is 18.2 Å². The Labute approximate surface area is 137 Å². The summed E-state index contributed by atoms with van der Waals surface area (Å²) < 4.78 is 0.